The number of para-hydroxylation sites is 1. The molecule has 5 aromatic rings. The molecule has 4 aromatic carbocycles. The number of fused-ring (bicyclic) bond motifs is 4. The van der Waals surface area contributed by atoms with E-state index >= 15 is 0 Å². The standard InChI is InChI=1S/C38H37N3O5/c1-25(37(43)45-23-26-11-3-2-4-12-26)19-20-39-36(42)35(21-27-22-40-34-18-10-9-13-28(27)34)41-38(44)46-24-33-31-16-7-5-14-29(31)30-15-6-8-17-32(30)33/h2-18,22,25,33,35,40H,19-21,23-24H2,1H3,(H,39,42)(H,41,44)/t25-,35-/m1/s1. The fourth-order valence-corrected chi connectivity index (χ4v) is 6.04. The van der Waals surface area contributed by atoms with Gasteiger partial charge in [0.15, 0.2) is 0 Å². The van der Waals surface area contributed by atoms with Gasteiger partial charge in [0, 0.05) is 36.0 Å². The fourth-order valence-electron chi connectivity index (χ4n) is 6.04. The van der Waals surface area contributed by atoms with Crippen LogP contribution in [-0.2, 0) is 32.1 Å². The Balaban J connectivity index is 1.08. The number of amides is 2. The van der Waals surface area contributed by atoms with Crippen LogP contribution in [0.25, 0.3) is 22.0 Å². The highest BCUT2D eigenvalue weighted by Crippen LogP contribution is 2.44. The Bertz CT molecular complexity index is 1790. The minimum Gasteiger partial charge on any atom is -0.461 e. The molecule has 1 aliphatic rings. The number of aromatic amines is 1. The van der Waals surface area contributed by atoms with E-state index in [-0.39, 0.29) is 44.0 Å². The smallest absolute Gasteiger partial charge is 0.407 e. The summed E-state index contributed by atoms with van der Waals surface area (Å²) in [5.74, 6) is -1.19. The molecule has 1 aromatic heterocycles. The van der Waals surface area contributed by atoms with Crippen molar-refractivity contribution >= 4 is 28.9 Å². The van der Waals surface area contributed by atoms with Gasteiger partial charge in [-0.15, -0.1) is 0 Å². The molecule has 0 radical (unpaired) electrons. The summed E-state index contributed by atoms with van der Waals surface area (Å²) >= 11 is 0. The van der Waals surface area contributed by atoms with Gasteiger partial charge in [0.2, 0.25) is 5.91 Å². The second-order valence-electron chi connectivity index (χ2n) is 11.7. The highest BCUT2D eigenvalue weighted by molar-refractivity contribution is 5.88. The van der Waals surface area contributed by atoms with Crippen LogP contribution in [0.15, 0.2) is 109 Å². The number of H-pyrrole nitrogens is 1. The first-order chi connectivity index (χ1) is 22.5. The van der Waals surface area contributed by atoms with Crippen molar-refractivity contribution in [1.82, 2.24) is 15.6 Å². The predicted octanol–water partition coefficient (Wildman–Crippen LogP) is 6.50. The summed E-state index contributed by atoms with van der Waals surface area (Å²) in [7, 11) is 0. The normalized spacial score (nSPS) is 13.3. The molecule has 8 nitrogen and oxygen atoms in total. The molecule has 3 N–H and O–H groups in total. The lowest BCUT2D eigenvalue weighted by molar-refractivity contribution is -0.149. The summed E-state index contributed by atoms with van der Waals surface area (Å²) in [6, 6.07) is 32.7. The summed E-state index contributed by atoms with van der Waals surface area (Å²) in [5, 5.41) is 6.69. The highest BCUT2D eigenvalue weighted by Gasteiger charge is 2.30. The Hall–Kier alpha value is -5.37. The summed E-state index contributed by atoms with van der Waals surface area (Å²) in [6.07, 6.45) is 1.84. The van der Waals surface area contributed by atoms with Crippen LogP contribution in [0.3, 0.4) is 0 Å². The van der Waals surface area contributed by atoms with Gasteiger partial charge in [-0.1, -0.05) is 104 Å². The molecule has 0 aliphatic heterocycles. The van der Waals surface area contributed by atoms with Gasteiger partial charge in [0.25, 0.3) is 0 Å². The average Bonchev–Trinajstić information content (AvgIpc) is 3.65. The highest BCUT2D eigenvalue weighted by atomic mass is 16.5. The van der Waals surface area contributed by atoms with Crippen molar-refractivity contribution in [3.8, 4) is 11.1 Å². The average molecular weight is 616 g/mol. The summed E-state index contributed by atoms with van der Waals surface area (Å²) < 4.78 is 11.2. The van der Waals surface area contributed by atoms with Crippen molar-refractivity contribution in [2.75, 3.05) is 13.2 Å². The zero-order chi connectivity index (χ0) is 31.9. The molecule has 2 amide bonds. The molecule has 46 heavy (non-hydrogen) atoms. The number of hydrogen-bond acceptors (Lipinski definition) is 5. The Morgan fingerprint density at radius 2 is 1.46 bits per heavy atom. The van der Waals surface area contributed by atoms with Crippen LogP contribution in [0.4, 0.5) is 4.79 Å². The molecule has 0 saturated heterocycles. The third-order valence-corrected chi connectivity index (χ3v) is 8.55. The lowest BCUT2D eigenvalue weighted by atomic mass is 9.98. The quantitative estimate of drug-likeness (QED) is 0.139. The minimum atomic E-state index is -0.893. The monoisotopic (exact) mass is 615 g/mol. The van der Waals surface area contributed by atoms with Crippen molar-refractivity contribution < 1.29 is 23.9 Å². The topological polar surface area (TPSA) is 110 Å². The van der Waals surface area contributed by atoms with E-state index < -0.39 is 18.1 Å². The number of hydrogen-bond donors (Lipinski definition) is 3. The van der Waals surface area contributed by atoms with Gasteiger partial charge in [-0.2, -0.15) is 0 Å². The molecule has 0 unspecified atom stereocenters. The van der Waals surface area contributed by atoms with Crippen LogP contribution in [-0.4, -0.2) is 42.1 Å². The SMILES string of the molecule is C[C@H](CCNC(=O)[C@@H](Cc1c[nH]c2ccccc12)NC(=O)OCC1c2ccccc2-c2ccccc21)C(=O)OCc1ccccc1. The third kappa shape index (κ3) is 6.96. The van der Waals surface area contributed by atoms with E-state index in [0.29, 0.717) is 6.42 Å². The number of aromatic nitrogens is 1. The van der Waals surface area contributed by atoms with Gasteiger partial charge >= 0.3 is 12.1 Å². The Morgan fingerprint density at radius 1 is 0.804 bits per heavy atom. The van der Waals surface area contributed by atoms with Gasteiger partial charge in [0.1, 0.15) is 19.3 Å². The van der Waals surface area contributed by atoms with Gasteiger partial charge in [0.05, 0.1) is 5.92 Å². The maximum absolute atomic E-state index is 13.5. The van der Waals surface area contributed by atoms with E-state index in [0.717, 1.165) is 44.3 Å². The van der Waals surface area contributed by atoms with Gasteiger partial charge in [-0.3, -0.25) is 9.59 Å². The molecule has 0 fully saturated rings. The van der Waals surface area contributed by atoms with Crippen molar-refractivity contribution in [2.24, 2.45) is 5.92 Å². The number of esters is 1. The minimum absolute atomic E-state index is 0.0952. The summed E-state index contributed by atoms with van der Waals surface area (Å²) in [4.78, 5) is 42.5. The zero-order valence-corrected chi connectivity index (χ0v) is 25.7. The molecule has 0 bridgehead atoms. The van der Waals surface area contributed by atoms with Gasteiger partial charge in [-0.25, -0.2) is 4.79 Å². The second kappa shape index (κ2) is 14.2. The lowest BCUT2D eigenvalue weighted by Gasteiger charge is -2.20. The number of carbonyl (C=O) groups excluding carboxylic acids is 3. The molecular formula is C38H37N3O5. The number of benzene rings is 4. The summed E-state index contributed by atoms with van der Waals surface area (Å²) in [6.45, 7) is 2.37. The van der Waals surface area contributed by atoms with Crippen LogP contribution in [0.1, 0.15) is 41.5 Å². The maximum atomic E-state index is 13.5. The van der Waals surface area contributed by atoms with Crippen molar-refractivity contribution in [3.63, 3.8) is 0 Å². The van der Waals surface area contributed by atoms with Gasteiger partial charge in [-0.05, 0) is 45.9 Å². The largest absolute Gasteiger partial charge is 0.461 e. The number of carbonyl (C=O) groups is 3. The van der Waals surface area contributed by atoms with E-state index in [1.54, 1.807) is 6.92 Å². The van der Waals surface area contributed by atoms with E-state index in [1.165, 1.54) is 0 Å². The van der Waals surface area contributed by atoms with Crippen molar-refractivity contribution in [2.45, 2.75) is 38.3 Å². The number of rotatable bonds is 12. The molecule has 0 spiro atoms. The zero-order valence-electron chi connectivity index (χ0n) is 25.7. The number of alkyl carbamates (subject to hydrolysis) is 1. The first kappa shape index (κ1) is 30.6. The second-order valence-corrected chi connectivity index (χ2v) is 11.7. The molecule has 1 aliphatic carbocycles. The van der Waals surface area contributed by atoms with E-state index in [1.807, 2.05) is 85.1 Å². The molecule has 6 rings (SSSR count). The molecular weight excluding hydrogens is 578 g/mol. The van der Waals surface area contributed by atoms with Gasteiger partial charge < -0.3 is 25.1 Å². The predicted molar refractivity (Wildman–Crippen MR) is 177 cm³/mol. The van der Waals surface area contributed by atoms with E-state index in [2.05, 4.69) is 39.9 Å². The first-order valence-corrected chi connectivity index (χ1v) is 15.6. The van der Waals surface area contributed by atoms with Crippen LogP contribution in [0.2, 0.25) is 0 Å². The first-order valence-electron chi connectivity index (χ1n) is 15.6. The van der Waals surface area contributed by atoms with E-state index in [9.17, 15) is 14.4 Å². The molecule has 8 heteroatoms. The maximum Gasteiger partial charge on any atom is 0.407 e. The lowest BCUT2D eigenvalue weighted by Crippen LogP contribution is -2.48. The Kier molecular flexibility index (Phi) is 9.43. The number of ether oxygens (including phenoxy) is 2. The summed E-state index contributed by atoms with van der Waals surface area (Å²) in [5.41, 5.74) is 7.26. The number of nitrogens with one attached hydrogen (secondary N) is 3. The van der Waals surface area contributed by atoms with Crippen LogP contribution in [0, 0.1) is 5.92 Å². The Labute approximate surface area is 268 Å². The molecule has 0 saturated carbocycles. The van der Waals surface area contributed by atoms with Crippen LogP contribution >= 0.6 is 0 Å². The molecule has 234 valence electrons. The molecule has 2 atom stereocenters. The fraction of sp³-hybridized carbons (Fsp3) is 0.237. The Morgan fingerprint density at radius 3 is 2.20 bits per heavy atom. The molecule has 1 heterocycles. The van der Waals surface area contributed by atoms with Crippen molar-refractivity contribution in [1.29, 1.82) is 0 Å². The van der Waals surface area contributed by atoms with Crippen molar-refractivity contribution in [3.05, 3.63) is 132 Å². The van der Waals surface area contributed by atoms with Crippen LogP contribution < -0.4 is 10.6 Å². The third-order valence-electron chi connectivity index (χ3n) is 8.55. The van der Waals surface area contributed by atoms with Crippen LogP contribution in [0.5, 0.6) is 0 Å². The van der Waals surface area contributed by atoms with E-state index in [4.69, 9.17) is 9.47 Å².